The van der Waals surface area contributed by atoms with Crippen LogP contribution in [0, 0.1) is 6.92 Å². The molecule has 1 aromatic rings. The lowest BCUT2D eigenvalue weighted by atomic mass is 9.70. The summed E-state index contributed by atoms with van der Waals surface area (Å²) in [6.45, 7) is 6.22. The Balaban J connectivity index is 1.98. The minimum Gasteiger partial charge on any atom is -0.507 e. The summed E-state index contributed by atoms with van der Waals surface area (Å²) < 4.78 is 5.72. The molecular formula is C24H27NO8. The molecule has 0 spiro atoms. The predicted octanol–water partition coefficient (Wildman–Crippen LogP) is 2.80. The van der Waals surface area contributed by atoms with Gasteiger partial charge in [-0.3, -0.25) is 19.2 Å². The molecule has 1 atom stereocenters. The maximum absolute atomic E-state index is 13.6. The van der Waals surface area contributed by atoms with Crippen molar-refractivity contribution in [3.8, 4) is 17.2 Å². The third kappa shape index (κ3) is 3.88. The van der Waals surface area contributed by atoms with E-state index in [0.717, 1.165) is 0 Å². The zero-order valence-electron chi connectivity index (χ0n) is 19.0. The van der Waals surface area contributed by atoms with E-state index in [4.69, 9.17) is 9.84 Å². The van der Waals surface area contributed by atoms with Crippen LogP contribution in [0.4, 0.5) is 0 Å². The number of unbranched alkanes of at least 4 members (excludes halogenated alkanes) is 2. The third-order valence-electron chi connectivity index (χ3n) is 6.22. The highest BCUT2D eigenvalue weighted by atomic mass is 16.5. The van der Waals surface area contributed by atoms with Gasteiger partial charge < -0.3 is 25.4 Å². The Bertz CT molecular complexity index is 1140. The van der Waals surface area contributed by atoms with Crippen molar-refractivity contribution >= 4 is 23.3 Å². The van der Waals surface area contributed by atoms with Crippen molar-refractivity contribution in [1.29, 1.82) is 0 Å². The Hall–Kier alpha value is -3.62. The molecule has 9 nitrogen and oxygen atoms in total. The van der Waals surface area contributed by atoms with Crippen LogP contribution in [0.3, 0.4) is 0 Å². The van der Waals surface area contributed by atoms with Gasteiger partial charge in [0.1, 0.15) is 34.0 Å². The molecule has 4 N–H and O–H groups in total. The summed E-state index contributed by atoms with van der Waals surface area (Å²) in [5, 5.41) is 32.9. The molecule has 0 bridgehead atoms. The fourth-order valence-corrected chi connectivity index (χ4v) is 4.30. The number of phenols is 2. The van der Waals surface area contributed by atoms with Crippen molar-refractivity contribution in [2.45, 2.75) is 58.8 Å². The van der Waals surface area contributed by atoms with E-state index in [1.54, 1.807) is 6.92 Å². The number of fused-ring (bicyclic) bond motifs is 3. The van der Waals surface area contributed by atoms with Gasteiger partial charge in [0.05, 0.1) is 11.1 Å². The molecule has 0 unspecified atom stereocenters. The van der Waals surface area contributed by atoms with Gasteiger partial charge in [0.15, 0.2) is 17.3 Å². The van der Waals surface area contributed by atoms with Crippen molar-refractivity contribution < 1.29 is 39.2 Å². The molecule has 176 valence electrons. The molecule has 0 radical (unpaired) electrons. The molecule has 1 aliphatic carbocycles. The molecular weight excluding hydrogens is 430 g/mol. The molecule has 9 heteroatoms. The lowest BCUT2D eigenvalue weighted by molar-refractivity contribution is -0.137. The first-order chi connectivity index (χ1) is 15.4. The van der Waals surface area contributed by atoms with E-state index >= 15 is 0 Å². The average Bonchev–Trinajstić information content (AvgIpc) is 3.01. The molecule has 3 rings (SSSR count). The Morgan fingerprint density at radius 1 is 1.09 bits per heavy atom. The number of aliphatic carboxylic acids is 1. The smallest absolute Gasteiger partial charge is 0.303 e. The highest BCUT2D eigenvalue weighted by Gasteiger charge is 2.56. The maximum atomic E-state index is 13.6. The molecule has 33 heavy (non-hydrogen) atoms. The maximum Gasteiger partial charge on any atom is 0.303 e. The summed E-state index contributed by atoms with van der Waals surface area (Å²) >= 11 is 0. The van der Waals surface area contributed by atoms with Gasteiger partial charge in [-0.1, -0.05) is 6.42 Å². The Kier molecular flexibility index (Phi) is 6.35. The number of hydrogen-bond acceptors (Lipinski definition) is 8. The molecule has 1 heterocycles. The number of hydrogen-bond donors (Lipinski definition) is 4. The highest BCUT2D eigenvalue weighted by molar-refractivity contribution is 6.31. The molecule has 0 amide bonds. The Morgan fingerprint density at radius 2 is 1.76 bits per heavy atom. The van der Waals surface area contributed by atoms with Gasteiger partial charge >= 0.3 is 5.97 Å². The quantitative estimate of drug-likeness (QED) is 0.200. The van der Waals surface area contributed by atoms with Gasteiger partial charge in [0.2, 0.25) is 0 Å². The van der Waals surface area contributed by atoms with E-state index in [2.05, 4.69) is 5.32 Å². The molecule has 1 aliphatic heterocycles. The Labute approximate surface area is 190 Å². The molecule has 0 saturated heterocycles. The van der Waals surface area contributed by atoms with E-state index in [-0.39, 0.29) is 45.9 Å². The number of benzene rings is 1. The number of rotatable bonds is 8. The number of carbonyl (C=O) groups excluding carboxylic acids is 3. The first-order valence-electron chi connectivity index (χ1n) is 10.7. The number of ether oxygens (including phenoxy) is 1. The van der Waals surface area contributed by atoms with Crippen molar-refractivity contribution in [3.05, 3.63) is 39.8 Å². The molecule has 0 aromatic heterocycles. The summed E-state index contributed by atoms with van der Waals surface area (Å²) in [7, 11) is 0. The van der Waals surface area contributed by atoms with Crippen LogP contribution in [-0.2, 0) is 19.8 Å². The third-order valence-corrected chi connectivity index (χ3v) is 6.22. The number of carboxylic acids is 1. The topological polar surface area (TPSA) is 150 Å². The number of phenolic OH excluding ortho intramolecular Hbond substituents is 2. The van der Waals surface area contributed by atoms with Crippen molar-refractivity contribution in [2.75, 3.05) is 6.54 Å². The van der Waals surface area contributed by atoms with Crippen LogP contribution in [0.5, 0.6) is 17.2 Å². The van der Waals surface area contributed by atoms with Crippen LogP contribution in [0.2, 0.25) is 0 Å². The zero-order chi connectivity index (χ0) is 24.7. The predicted molar refractivity (Wildman–Crippen MR) is 117 cm³/mol. The average molecular weight is 457 g/mol. The normalized spacial score (nSPS) is 20.5. The van der Waals surface area contributed by atoms with Gasteiger partial charge in [-0.15, -0.1) is 0 Å². The van der Waals surface area contributed by atoms with Gasteiger partial charge in [0.25, 0.3) is 0 Å². The van der Waals surface area contributed by atoms with Crippen molar-refractivity contribution in [3.63, 3.8) is 0 Å². The molecule has 2 aliphatic rings. The summed E-state index contributed by atoms with van der Waals surface area (Å²) in [5.74, 6) is -3.46. The monoisotopic (exact) mass is 457 g/mol. The van der Waals surface area contributed by atoms with Crippen LogP contribution in [0.25, 0.3) is 0 Å². The summed E-state index contributed by atoms with van der Waals surface area (Å²) in [6.07, 6.45) is 3.13. The van der Waals surface area contributed by atoms with Crippen LogP contribution in [-0.4, -0.2) is 45.2 Å². The lowest BCUT2D eigenvalue weighted by Gasteiger charge is -2.29. The SMILES string of the molecule is CC(=O)c1c(O)c(C)c(O)c2c1OC1=CC(=O)/C(=C(/C)NCCCCCC(=O)O)C(=O)[C@@]12C. The number of allylic oxidation sites excluding steroid dienone is 4. The Morgan fingerprint density at radius 3 is 2.36 bits per heavy atom. The second-order valence-corrected chi connectivity index (χ2v) is 8.52. The van der Waals surface area contributed by atoms with Crippen LogP contribution in [0.15, 0.2) is 23.1 Å². The van der Waals surface area contributed by atoms with Crippen LogP contribution < -0.4 is 10.1 Å². The number of aromatic hydroxyl groups is 2. The van der Waals surface area contributed by atoms with E-state index < -0.39 is 34.5 Å². The minimum absolute atomic E-state index is 0.0134. The number of carboxylic acid groups (broad SMARTS) is 1. The number of Topliss-reactive ketones (excluding diaryl/α,β-unsaturated/α-hetero) is 2. The standard InChI is InChI=1S/C24H27NO8/c1-11-20(30)18(13(3)26)22-19(21(11)31)24(4)15(33-22)10-14(27)17(23(24)32)12(2)25-9-7-5-6-8-16(28)29/h10,25,30-31H,5-9H2,1-4H3,(H,28,29)/b17-12+/t24-/m0/s1. The van der Waals surface area contributed by atoms with E-state index in [1.807, 2.05) is 0 Å². The number of nitrogens with one attached hydrogen (secondary N) is 1. The van der Waals surface area contributed by atoms with Gasteiger partial charge in [0, 0.05) is 30.3 Å². The van der Waals surface area contributed by atoms with E-state index in [9.17, 15) is 29.4 Å². The fourth-order valence-electron chi connectivity index (χ4n) is 4.30. The van der Waals surface area contributed by atoms with E-state index in [0.29, 0.717) is 31.5 Å². The first-order valence-corrected chi connectivity index (χ1v) is 10.7. The highest BCUT2D eigenvalue weighted by Crippen LogP contribution is 2.57. The van der Waals surface area contributed by atoms with Gasteiger partial charge in [-0.2, -0.15) is 0 Å². The summed E-state index contributed by atoms with van der Waals surface area (Å²) in [4.78, 5) is 49.2. The number of ketones is 3. The van der Waals surface area contributed by atoms with E-state index in [1.165, 1.54) is 26.8 Å². The van der Waals surface area contributed by atoms with Crippen LogP contribution in [0.1, 0.15) is 67.9 Å². The minimum atomic E-state index is -1.55. The number of carbonyl (C=O) groups is 4. The molecule has 1 aromatic carbocycles. The van der Waals surface area contributed by atoms with Gasteiger partial charge in [-0.05, 0) is 40.5 Å². The second-order valence-electron chi connectivity index (χ2n) is 8.52. The first kappa shape index (κ1) is 24.0. The van der Waals surface area contributed by atoms with Gasteiger partial charge in [-0.25, -0.2) is 0 Å². The largest absolute Gasteiger partial charge is 0.507 e. The summed E-state index contributed by atoms with van der Waals surface area (Å²) in [5.41, 5.74) is -1.34. The molecule has 0 saturated carbocycles. The zero-order valence-corrected chi connectivity index (χ0v) is 19.0. The van der Waals surface area contributed by atoms with Crippen molar-refractivity contribution in [2.24, 2.45) is 0 Å². The van der Waals surface area contributed by atoms with Crippen molar-refractivity contribution in [1.82, 2.24) is 5.32 Å². The van der Waals surface area contributed by atoms with Crippen LogP contribution >= 0.6 is 0 Å². The molecule has 0 fully saturated rings. The summed E-state index contributed by atoms with van der Waals surface area (Å²) in [6, 6.07) is 0. The lowest BCUT2D eigenvalue weighted by Crippen LogP contribution is -2.41. The second kappa shape index (κ2) is 8.73. The fraction of sp³-hybridized carbons (Fsp3) is 0.417.